The van der Waals surface area contributed by atoms with Crippen molar-refractivity contribution in [2.75, 3.05) is 20.1 Å². The minimum absolute atomic E-state index is 0.409. The van der Waals surface area contributed by atoms with Gasteiger partial charge in [-0.25, -0.2) is 0 Å². The molecular formula is C10H17F3N2O. The molecule has 0 radical (unpaired) electrons. The summed E-state index contributed by atoms with van der Waals surface area (Å²) >= 11 is 0. The fourth-order valence-corrected chi connectivity index (χ4v) is 2.01. The van der Waals surface area contributed by atoms with Crippen molar-refractivity contribution in [2.24, 2.45) is 5.92 Å². The van der Waals surface area contributed by atoms with Crippen LogP contribution in [0.15, 0.2) is 0 Å². The zero-order valence-corrected chi connectivity index (χ0v) is 9.47. The number of rotatable bonds is 3. The Hall–Kier alpha value is -0.780. The lowest BCUT2D eigenvalue weighted by molar-refractivity contribution is -0.140. The maximum atomic E-state index is 11.9. The van der Waals surface area contributed by atoms with Gasteiger partial charge >= 0.3 is 6.18 Å². The molecule has 0 aromatic carbocycles. The van der Waals surface area contributed by atoms with Crippen LogP contribution in [0.25, 0.3) is 0 Å². The van der Waals surface area contributed by atoms with E-state index in [1.165, 1.54) is 0 Å². The van der Waals surface area contributed by atoms with Crippen LogP contribution in [0.5, 0.6) is 0 Å². The van der Waals surface area contributed by atoms with Crippen LogP contribution < -0.4 is 5.32 Å². The van der Waals surface area contributed by atoms with E-state index >= 15 is 0 Å². The molecule has 1 aliphatic rings. The number of likely N-dealkylation sites (N-methyl/N-ethyl adjacent to an activating group) is 1. The minimum Gasteiger partial charge on any atom is -0.346 e. The van der Waals surface area contributed by atoms with Crippen molar-refractivity contribution in [2.45, 2.75) is 32.0 Å². The normalized spacial score (nSPS) is 27.1. The molecule has 1 aliphatic heterocycles. The lowest BCUT2D eigenvalue weighted by Crippen LogP contribution is -2.44. The van der Waals surface area contributed by atoms with Crippen LogP contribution in [0.3, 0.4) is 0 Å². The first kappa shape index (κ1) is 13.3. The summed E-state index contributed by atoms with van der Waals surface area (Å²) in [4.78, 5) is 13.3. The number of halogens is 3. The van der Waals surface area contributed by atoms with Crippen molar-refractivity contribution in [3.05, 3.63) is 0 Å². The fourth-order valence-electron chi connectivity index (χ4n) is 2.01. The highest BCUT2D eigenvalue weighted by molar-refractivity contribution is 5.82. The van der Waals surface area contributed by atoms with Gasteiger partial charge in [0.1, 0.15) is 6.54 Å². The van der Waals surface area contributed by atoms with Crippen LogP contribution >= 0.6 is 0 Å². The first-order chi connectivity index (χ1) is 7.33. The molecule has 1 rings (SSSR count). The van der Waals surface area contributed by atoms with Gasteiger partial charge < -0.3 is 5.32 Å². The van der Waals surface area contributed by atoms with Crippen molar-refractivity contribution < 1.29 is 18.0 Å². The number of nitrogens with one attached hydrogen (secondary N) is 1. The first-order valence-electron chi connectivity index (χ1n) is 5.38. The third kappa shape index (κ3) is 3.66. The van der Waals surface area contributed by atoms with Crippen molar-refractivity contribution in [1.29, 1.82) is 0 Å². The second-order valence-electron chi connectivity index (χ2n) is 4.30. The van der Waals surface area contributed by atoms with Crippen molar-refractivity contribution >= 4 is 5.91 Å². The maximum Gasteiger partial charge on any atom is 0.405 e. The van der Waals surface area contributed by atoms with Gasteiger partial charge in [-0.1, -0.05) is 13.3 Å². The topological polar surface area (TPSA) is 32.3 Å². The molecule has 94 valence electrons. The third-order valence-corrected chi connectivity index (χ3v) is 2.98. The summed E-state index contributed by atoms with van der Waals surface area (Å²) < 4.78 is 35.7. The quantitative estimate of drug-likeness (QED) is 0.806. The molecule has 1 heterocycles. The van der Waals surface area contributed by atoms with E-state index in [0.717, 1.165) is 13.0 Å². The molecule has 0 spiro atoms. The van der Waals surface area contributed by atoms with E-state index in [4.69, 9.17) is 0 Å². The van der Waals surface area contributed by atoms with Crippen LogP contribution in [0.4, 0.5) is 13.2 Å². The molecule has 1 saturated heterocycles. The Morgan fingerprint density at radius 2 is 2.12 bits per heavy atom. The van der Waals surface area contributed by atoms with E-state index in [1.54, 1.807) is 7.05 Å². The lowest BCUT2D eigenvalue weighted by Gasteiger charge is -2.19. The predicted molar refractivity (Wildman–Crippen MR) is 53.9 cm³/mol. The standard InChI is InChI=1S/C10H17F3N2O/c1-3-7-4-8(15(2)5-7)9(16)14-6-10(11,12)13/h7-8H,3-6H2,1-2H3,(H,14,16)/t7?,8-/m0/s1. The second kappa shape index (κ2) is 5.03. The van der Waals surface area contributed by atoms with E-state index in [2.05, 4.69) is 0 Å². The van der Waals surface area contributed by atoms with Gasteiger partial charge in [-0.05, 0) is 19.4 Å². The van der Waals surface area contributed by atoms with Gasteiger partial charge in [0, 0.05) is 6.54 Å². The highest BCUT2D eigenvalue weighted by Crippen LogP contribution is 2.24. The molecule has 16 heavy (non-hydrogen) atoms. The molecular weight excluding hydrogens is 221 g/mol. The Kier molecular flexibility index (Phi) is 4.18. The Labute approximate surface area is 93.0 Å². The smallest absolute Gasteiger partial charge is 0.346 e. The van der Waals surface area contributed by atoms with E-state index in [9.17, 15) is 18.0 Å². The predicted octanol–water partition coefficient (Wildman–Crippen LogP) is 1.40. The Bertz CT molecular complexity index is 255. The van der Waals surface area contributed by atoms with Crippen molar-refractivity contribution in [1.82, 2.24) is 10.2 Å². The van der Waals surface area contributed by atoms with Gasteiger partial charge in [0.05, 0.1) is 6.04 Å². The van der Waals surface area contributed by atoms with E-state index in [0.29, 0.717) is 12.3 Å². The average molecular weight is 238 g/mol. The molecule has 1 fully saturated rings. The molecule has 1 unspecified atom stereocenters. The summed E-state index contributed by atoms with van der Waals surface area (Å²) in [5, 5.41) is 1.93. The Balaban J connectivity index is 2.43. The van der Waals surface area contributed by atoms with Gasteiger partial charge in [0.15, 0.2) is 0 Å². The largest absolute Gasteiger partial charge is 0.405 e. The van der Waals surface area contributed by atoms with Gasteiger partial charge in [0.25, 0.3) is 0 Å². The van der Waals surface area contributed by atoms with Crippen molar-refractivity contribution in [3.63, 3.8) is 0 Å². The minimum atomic E-state index is -4.34. The molecule has 0 saturated carbocycles. The number of carbonyl (C=O) groups excluding carboxylic acids is 1. The number of likely N-dealkylation sites (tertiary alicyclic amines) is 1. The maximum absolute atomic E-state index is 11.9. The molecule has 1 amide bonds. The fraction of sp³-hybridized carbons (Fsp3) is 0.900. The lowest BCUT2D eigenvalue weighted by atomic mass is 10.0. The van der Waals surface area contributed by atoms with E-state index < -0.39 is 24.7 Å². The van der Waals surface area contributed by atoms with Crippen LogP contribution in [-0.2, 0) is 4.79 Å². The summed E-state index contributed by atoms with van der Waals surface area (Å²) in [6.07, 6.45) is -2.74. The number of carbonyl (C=O) groups is 1. The van der Waals surface area contributed by atoms with Crippen molar-refractivity contribution in [3.8, 4) is 0 Å². The third-order valence-electron chi connectivity index (χ3n) is 2.98. The van der Waals surface area contributed by atoms with Crippen LogP contribution in [-0.4, -0.2) is 43.2 Å². The summed E-state index contributed by atoms with van der Waals surface area (Å²) in [5.41, 5.74) is 0. The van der Waals surface area contributed by atoms with E-state index in [-0.39, 0.29) is 0 Å². The van der Waals surface area contributed by atoms with Gasteiger partial charge in [-0.3, -0.25) is 9.69 Å². The van der Waals surface area contributed by atoms with Gasteiger partial charge in [-0.2, -0.15) is 13.2 Å². The Morgan fingerprint density at radius 1 is 1.50 bits per heavy atom. The molecule has 0 bridgehead atoms. The number of hydrogen-bond acceptors (Lipinski definition) is 2. The van der Waals surface area contributed by atoms with Crippen LogP contribution in [0.1, 0.15) is 19.8 Å². The zero-order chi connectivity index (χ0) is 12.3. The summed E-state index contributed by atoms with van der Waals surface area (Å²) in [5.74, 6) is -0.109. The first-order valence-corrected chi connectivity index (χ1v) is 5.38. The monoisotopic (exact) mass is 238 g/mol. The molecule has 2 atom stereocenters. The molecule has 1 N–H and O–H groups in total. The summed E-state index contributed by atoms with van der Waals surface area (Å²) in [6.45, 7) is 1.56. The summed E-state index contributed by atoms with van der Waals surface area (Å²) in [6, 6.07) is -0.410. The Morgan fingerprint density at radius 3 is 2.56 bits per heavy atom. The molecule has 6 heteroatoms. The summed E-state index contributed by atoms with van der Waals surface area (Å²) in [7, 11) is 1.77. The second-order valence-corrected chi connectivity index (χ2v) is 4.30. The van der Waals surface area contributed by atoms with Crippen LogP contribution in [0.2, 0.25) is 0 Å². The number of alkyl halides is 3. The molecule has 3 nitrogen and oxygen atoms in total. The average Bonchev–Trinajstić information content (AvgIpc) is 2.55. The SMILES string of the molecule is CCC1C[C@@H](C(=O)NCC(F)(F)F)N(C)C1. The highest BCUT2D eigenvalue weighted by atomic mass is 19.4. The highest BCUT2D eigenvalue weighted by Gasteiger charge is 2.35. The molecule has 0 aromatic heterocycles. The van der Waals surface area contributed by atoms with E-state index in [1.807, 2.05) is 17.1 Å². The van der Waals surface area contributed by atoms with Gasteiger partial charge in [0.2, 0.25) is 5.91 Å². The molecule has 0 aromatic rings. The number of hydrogen-bond donors (Lipinski definition) is 1. The van der Waals surface area contributed by atoms with Gasteiger partial charge in [-0.15, -0.1) is 0 Å². The number of nitrogens with zero attached hydrogens (tertiary/aromatic N) is 1. The number of amides is 1. The zero-order valence-electron chi connectivity index (χ0n) is 9.47. The molecule has 0 aliphatic carbocycles. The van der Waals surface area contributed by atoms with Crippen LogP contribution in [0, 0.1) is 5.92 Å².